The van der Waals surface area contributed by atoms with Gasteiger partial charge in [-0.15, -0.1) is 0 Å². The molecule has 2 N–H and O–H groups in total. The van der Waals surface area contributed by atoms with Crippen molar-refractivity contribution in [2.45, 2.75) is 381 Å². The Hall–Kier alpha value is -2.05. The van der Waals surface area contributed by atoms with Crippen molar-refractivity contribution in [3.05, 3.63) is 0 Å². The number of ether oxygens (including phenoxy) is 9. The summed E-state index contributed by atoms with van der Waals surface area (Å²) in [6, 6.07) is 0. The maximum Gasteiger partial charge on any atom is 0.311 e. The zero-order chi connectivity index (χ0) is 76.7. The van der Waals surface area contributed by atoms with E-state index in [1.807, 2.05) is 152 Å². The molecule has 0 aromatic heterocycles. The highest BCUT2D eigenvalue weighted by Gasteiger charge is 2.22. The van der Waals surface area contributed by atoms with Gasteiger partial charge in [-0.3, -0.25) is 19.2 Å². The smallest absolute Gasteiger partial charge is 0.311 e. The van der Waals surface area contributed by atoms with Gasteiger partial charge in [-0.25, -0.2) is 0 Å². The van der Waals surface area contributed by atoms with Gasteiger partial charge in [-0.1, -0.05) is 145 Å². The average Bonchev–Trinajstić information content (AvgIpc) is 1.93. The highest BCUT2D eigenvalue weighted by Crippen LogP contribution is 2.26. The average molecular weight is 1390 g/mol. The number of hydrogen-bond donors (Lipinski definition) is 2. The highest BCUT2D eigenvalue weighted by molar-refractivity contribution is 7.99. The molecule has 0 atom stereocenters. The van der Waals surface area contributed by atoms with E-state index in [2.05, 4.69) is 100 Å². The fraction of sp³-hybridized carbons (Fsp3) is 0.949. The lowest BCUT2D eigenvalue weighted by atomic mass is 9.90. The van der Waals surface area contributed by atoms with E-state index >= 15 is 0 Å². The number of aliphatic hydroxyl groups excluding tert-OH is 1. The lowest BCUT2D eigenvalue weighted by Crippen LogP contribution is -2.35. The maximum atomic E-state index is 11.5. The van der Waals surface area contributed by atoms with E-state index in [0.717, 1.165) is 19.6 Å². The van der Waals surface area contributed by atoms with Crippen LogP contribution in [0.1, 0.15) is 334 Å². The number of esters is 3. The lowest BCUT2D eigenvalue weighted by molar-refractivity contribution is -0.189. The van der Waals surface area contributed by atoms with Crippen molar-refractivity contribution in [2.75, 3.05) is 64.3 Å². The molecule has 0 aliphatic carbocycles. The SMILES string of the molecule is CC(C)(C)CCCOCCCC(C)(C)C.CC(C)(C)CCCSCCCC(C)(C)C.CC(C)(C)OCC(O)COC(C)(C)C.CC(C)(C)OCCCNC(=O)C(C)(C)C.CC(C)(C)OCCOC(C)(C)C.CC(C)CC(=O)OC(C)C.CC(OC(=O)C(C)C)OC(=O)C(C)C. The Labute approximate surface area is 594 Å². The molecule has 0 heterocycles. The maximum absolute atomic E-state index is 11.5. The quantitative estimate of drug-likeness (QED) is 0.0393. The summed E-state index contributed by atoms with van der Waals surface area (Å²) >= 11 is 2.13. The van der Waals surface area contributed by atoms with Gasteiger partial charge < -0.3 is 53.1 Å². The molecule has 0 unspecified atom stereocenters. The molecule has 0 aromatic carbocycles. The van der Waals surface area contributed by atoms with Gasteiger partial charge in [0.1, 0.15) is 6.10 Å². The molecule has 0 radical (unpaired) electrons. The van der Waals surface area contributed by atoms with Gasteiger partial charge in [-0.05, 0) is 215 Å². The summed E-state index contributed by atoms with van der Waals surface area (Å²) in [5.74, 6) is 1.94. The monoisotopic (exact) mass is 1380 g/mol. The molecule has 16 heteroatoms. The summed E-state index contributed by atoms with van der Waals surface area (Å²) in [7, 11) is 0. The normalized spacial score (nSPS) is 12.6. The Morgan fingerprint density at radius 3 is 0.958 bits per heavy atom. The molecule has 95 heavy (non-hydrogen) atoms. The summed E-state index contributed by atoms with van der Waals surface area (Å²) < 4.78 is 47.6. The summed E-state index contributed by atoms with van der Waals surface area (Å²) in [6.07, 6.45) is 10.4. The van der Waals surface area contributed by atoms with Gasteiger partial charge in [-0.2, -0.15) is 11.8 Å². The highest BCUT2D eigenvalue weighted by atomic mass is 32.2. The summed E-state index contributed by atoms with van der Waals surface area (Å²) in [5.41, 5.74) is 1.04. The van der Waals surface area contributed by atoms with Crippen LogP contribution in [0.15, 0.2) is 0 Å². The van der Waals surface area contributed by atoms with Crippen LogP contribution in [0.5, 0.6) is 0 Å². The van der Waals surface area contributed by atoms with Gasteiger partial charge in [0.05, 0.1) is 72.4 Å². The first-order chi connectivity index (χ1) is 42.2. The molecule has 0 saturated heterocycles. The molecule has 1 amide bonds. The molecule has 0 fully saturated rings. The Kier molecular flexibility index (Phi) is 60.2. The van der Waals surface area contributed by atoms with Gasteiger partial charge in [0.2, 0.25) is 12.2 Å². The van der Waals surface area contributed by atoms with Crippen LogP contribution in [0.4, 0.5) is 0 Å². The lowest BCUT2D eigenvalue weighted by Gasteiger charge is -2.25. The van der Waals surface area contributed by atoms with E-state index in [1.165, 1.54) is 69.8 Å². The number of carbonyl (C=O) groups excluding carboxylic acids is 4. The minimum atomic E-state index is -0.806. The number of carbonyl (C=O) groups is 4. The van der Waals surface area contributed by atoms with Crippen molar-refractivity contribution in [2.24, 2.45) is 44.8 Å². The number of amides is 1. The van der Waals surface area contributed by atoms with E-state index in [-0.39, 0.29) is 75.2 Å². The fourth-order valence-electron chi connectivity index (χ4n) is 6.64. The Morgan fingerprint density at radius 2 is 0.695 bits per heavy atom. The number of nitrogens with one attached hydrogen (secondary N) is 1. The van der Waals surface area contributed by atoms with Crippen LogP contribution >= 0.6 is 11.8 Å². The van der Waals surface area contributed by atoms with Crippen molar-refractivity contribution in [3.8, 4) is 0 Å². The first kappa shape index (κ1) is 106. The van der Waals surface area contributed by atoms with Gasteiger partial charge in [0.15, 0.2) is 0 Å². The Balaban J connectivity index is -0.000000191. The van der Waals surface area contributed by atoms with Crippen molar-refractivity contribution in [3.63, 3.8) is 0 Å². The summed E-state index contributed by atoms with van der Waals surface area (Å²) in [6.45, 7) is 84.9. The number of aliphatic hydroxyl groups is 1. The zero-order valence-electron chi connectivity index (χ0n) is 70.3. The van der Waals surface area contributed by atoms with E-state index in [9.17, 15) is 24.3 Å². The predicted octanol–water partition coefficient (Wildman–Crippen LogP) is 20.7. The van der Waals surface area contributed by atoms with Gasteiger partial charge in [0.25, 0.3) is 0 Å². The molecular formula is C79H165NO14S. The largest absolute Gasteiger partial charge is 0.463 e. The third-order valence-electron chi connectivity index (χ3n) is 11.7. The van der Waals surface area contributed by atoms with Crippen molar-refractivity contribution < 1.29 is 66.9 Å². The Morgan fingerprint density at radius 1 is 0.389 bits per heavy atom. The minimum Gasteiger partial charge on any atom is -0.463 e. The van der Waals surface area contributed by atoms with Crippen LogP contribution < -0.4 is 5.32 Å². The number of hydrogen-bond acceptors (Lipinski definition) is 15. The second-order valence-corrected chi connectivity index (χ2v) is 38.2. The standard InChI is InChI=1S/C14H30O.C14H30S.C12H25NO2.C11H24O3.C10H18O4.C10H22O2.C8H16O2/c2*1-13(2,3)9-7-11-15-12-8-10-14(4,5)6;1-11(2,3)10(14)13-8-7-9-15-12(4,5)6;1-10(2,3)13-7-9(12)8-14-11(4,5)6;1-6(2)9(11)13-8(5)14-10(12)7(3)4;1-9(2,3)11-7-8-12-10(4,5)6;1-6(2)5-8(9)10-7(3)4/h2*7-12H2,1-6H3;7-9H2,1-6H3,(H,13,14);9,12H,7-8H2,1-6H3;6-8H,1-5H3;7-8H2,1-6H3;6-7H,5H2,1-4H3. The molecular weight excluding hydrogens is 1220 g/mol. The predicted molar refractivity (Wildman–Crippen MR) is 407 cm³/mol. The second-order valence-electron chi connectivity index (χ2n) is 37.0. The summed E-state index contributed by atoms with van der Waals surface area (Å²) in [5, 5.41) is 12.4. The van der Waals surface area contributed by atoms with E-state index < -0.39 is 12.4 Å². The molecule has 0 aromatic rings. The van der Waals surface area contributed by atoms with E-state index in [1.54, 1.807) is 27.7 Å². The third kappa shape index (κ3) is 111. The van der Waals surface area contributed by atoms with Crippen molar-refractivity contribution in [1.29, 1.82) is 0 Å². The fourth-order valence-corrected chi connectivity index (χ4v) is 7.54. The van der Waals surface area contributed by atoms with Crippen molar-refractivity contribution >= 4 is 35.6 Å². The third-order valence-corrected chi connectivity index (χ3v) is 12.9. The second kappa shape index (κ2) is 53.8. The van der Waals surface area contributed by atoms with Gasteiger partial charge >= 0.3 is 17.9 Å². The number of rotatable bonds is 30. The van der Waals surface area contributed by atoms with Crippen molar-refractivity contribution in [1.82, 2.24) is 5.32 Å². The van der Waals surface area contributed by atoms with Crippen LogP contribution in [-0.2, 0) is 61.8 Å². The molecule has 0 spiro atoms. The molecule has 0 aliphatic heterocycles. The van der Waals surface area contributed by atoms with Gasteiger partial charge in [0, 0.05) is 45.1 Å². The zero-order valence-corrected chi connectivity index (χ0v) is 71.1. The van der Waals surface area contributed by atoms with E-state index in [0.29, 0.717) is 73.6 Å². The topological polar surface area (TPSA) is 184 Å². The van der Waals surface area contributed by atoms with Crippen LogP contribution in [-0.4, -0.2) is 140 Å². The molecule has 0 rings (SSSR count). The van der Waals surface area contributed by atoms with Crippen LogP contribution in [0.25, 0.3) is 0 Å². The molecule has 0 aliphatic rings. The minimum absolute atomic E-state index is 0.0197. The molecule has 576 valence electrons. The van der Waals surface area contributed by atoms with Crippen LogP contribution in [0.3, 0.4) is 0 Å². The van der Waals surface area contributed by atoms with E-state index in [4.69, 9.17) is 42.6 Å². The number of thioether (sulfide) groups is 1. The molecule has 0 saturated carbocycles. The van der Waals surface area contributed by atoms with Crippen LogP contribution in [0.2, 0.25) is 0 Å². The summed E-state index contributed by atoms with van der Waals surface area (Å²) in [4.78, 5) is 44.5. The first-order valence-electron chi connectivity index (χ1n) is 36.1. The van der Waals surface area contributed by atoms with Crippen LogP contribution in [0, 0.1) is 44.8 Å². The Bertz CT molecular complexity index is 1690. The first-order valence-corrected chi connectivity index (χ1v) is 37.3. The molecule has 15 nitrogen and oxygen atoms in total. The molecule has 0 bridgehead atoms.